The van der Waals surface area contributed by atoms with Gasteiger partial charge in [-0.25, -0.2) is 12.7 Å². The second kappa shape index (κ2) is 9.10. The Bertz CT molecular complexity index is 692. The maximum atomic E-state index is 12.2. The molecule has 1 aliphatic heterocycles. The fraction of sp³-hybridized carbons (Fsp3) is 0.556. The van der Waals surface area contributed by atoms with Crippen molar-refractivity contribution >= 4 is 27.4 Å². The number of nitrogens with one attached hydrogen (secondary N) is 1. The fourth-order valence-electron chi connectivity index (χ4n) is 2.85. The summed E-state index contributed by atoms with van der Waals surface area (Å²) in [5.41, 5.74) is 1.23. The second-order valence-electron chi connectivity index (χ2n) is 6.41. The largest absolute Gasteiger partial charge is 0.326 e. The zero-order chi connectivity index (χ0) is 18.3. The van der Waals surface area contributed by atoms with E-state index in [4.69, 9.17) is 0 Å². The number of sulfonamides is 1. The molecule has 6 nitrogen and oxygen atoms in total. The molecular formula is C18H26N2O4S. The Morgan fingerprint density at radius 2 is 1.68 bits per heavy atom. The number of benzene rings is 1. The number of Topliss-reactive ketones (excluding diaryl/α,β-unsaturated/α-hetero) is 1. The Morgan fingerprint density at radius 1 is 1.04 bits per heavy atom. The zero-order valence-corrected chi connectivity index (χ0v) is 15.5. The minimum atomic E-state index is -3.18. The molecule has 0 unspecified atom stereocenters. The normalized spacial score (nSPS) is 15.7. The van der Waals surface area contributed by atoms with Crippen LogP contribution in [-0.2, 0) is 14.8 Å². The molecule has 1 amide bonds. The van der Waals surface area contributed by atoms with Crippen LogP contribution in [0.15, 0.2) is 24.3 Å². The quantitative estimate of drug-likeness (QED) is 0.566. The summed E-state index contributed by atoms with van der Waals surface area (Å²) in [4.78, 5) is 23.1. The first kappa shape index (κ1) is 19.6. The SMILES string of the molecule is CC(=O)c1ccc(NC(=O)CCCCS(=O)(=O)N2CCCCC2)cc1. The first-order valence-electron chi connectivity index (χ1n) is 8.77. The first-order chi connectivity index (χ1) is 11.9. The number of hydrogen-bond acceptors (Lipinski definition) is 4. The van der Waals surface area contributed by atoms with E-state index >= 15 is 0 Å². The molecule has 1 fully saturated rings. The smallest absolute Gasteiger partial charge is 0.224 e. The molecule has 25 heavy (non-hydrogen) atoms. The van der Waals surface area contributed by atoms with Crippen molar-refractivity contribution in [3.63, 3.8) is 0 Å². The molecule has 0 spiro atoms. The van der Waals surface area contributed by atoms with Gasteiger partial charge in [-0.05, 0) is 56.9 Å². The number of hydrogen-bond donors (Lipinski definition) is 1. The highest BCUT2D eigenvalue weighted by molar-refractivity contribution is 7.89. The van der Waals surface area contributed by atoms with Crippen LogP contribution in [0.3, 0.4) is 0 Å². The van der Waals surface area contributed by atoms with Gasteiger partial charge in [0.2, 0.25) is 15.9 Å². The maximum absolute atomic E-state index is 12.2. The molecule has 1 aliphatic rings. The number of amides is 1. The zero-order valence-electron chi connectivity index (χ0n) is 14.7. The Balaban J connectivity index is 1.70. The highest BCUT2D eigenvalue weighted by atomic mass is 32.2. The molecular weight excluding hydrogens is 340 g/mol. The number of carbonyl (C=O) groups excluding carboxylic acids is 2. The Morgan fingerprint density at radius 3 is 2.28 bits per heavy atom. The lowest BCUT2D eigenvalue weighted by molar-refractivity contribution is -0.116. The Hall–Kier alpha value is -1.73. The molecule has 1 saturated heterocycles. The van der Waals surface area contributed by atoms with Gasteiger partial charge in [-0.2, -0.15) is 0 Å². The maximum Gasteiger partial charge on any atom is 0.224 e. The van der Waals surface area contributed by atoms with Gasteiger partial charge in [0.05, 0.1) is 5.75 Å². The van der Waals surface area contributed by atoms with Crippen molar-refractivity contribution in [2.24, 2.45) is 0 Å². The molecule has 0 saturated carbocycles. The molecule has 7 heteroatoms. The van der Waals surface area contributed by atoms with Gasteiger partial charge in [0.15, 0.2) is 5.78 Å². The van der Waals surface area contributed by atoms with Gasteiger partial charge in [0.1, 0.15) is 0 Å². The molecule has 138 valence electrons. The average Bonchev–Trinajstić information content (AvgIpc) is 2.60. The highest BCUT2D eigenvalue weighted by Gasteiger charge is 2.23. The lowest BCUT2D eigenvalue weighted by atomic mass is 10.1. The van der Waals surface area contributed by atoms with E-state index in [-0.39, 0.29) is 23.9 Å². The molecule has 2 rings (SSSR count). The van der Waals surface area contributed by atoms with Crippen molar-refractivity contribution in [2.75, 3.05) is 24.2 Å². The molecule has 1 aromatic rings. The van der Waals surface area contributed by atoms with Crippen LogP contribution in [-0.4, -0.2) is 43.3 Å². The number of unbranched alkanes of at least 4 members (excludes halogenated alkanes) is 1. The third-order valence-electron chi connectivity index (χ3n) is 4.34. The minimum absolute atomic E-state index is 0.0206. The van der Waals surface area contributed by atoms with E-state index in [0.717, 1.165) is 19.3 Å². The molecule has 1 heterocycles. The lowest BCUT2D eigenvalue weighted by Gasteiger charge is -2.25. The number of rotatable bonds is 8. The van der Waals surface area contributed by atoms with Gasteiger partial charge < -0.3 is 5.32 Å². The predicted octanol–water partition coefficient (Wildman–Crippen LogP) is 2.81. The van der Waals surface area contributed by atoms with Crippen molar-refractivity contribution in [3.05, 3.63) is 29.8 Å². The van der Waals surface area contributed by atoms with Gasteiger partial charge in [-0.15, -0.1) is 0 Å². The third-order valence-corrected chi connectivity index (χ3v) is 6.30. The molecule has 0 bridgehead atoms. The van der Waals surface area contributed by atoms with Gasteiger partial charge in [-0.1, -0.05) is 6.42 Å². The summed E-state index contributed by atoms with van der Waals surface area (Å²) in [5.74, 6) is -0.0631. The van der Waals surface area contributed by atoms with Crippen LogP contribution in [0.25, 0.3) is 0 Å². The summed E-state index contributed by atoms with van der Waals surface area (Å²) in [5, 5.41) is 2.76. The van der Waals surface area contributed by atoms with Crippen LogP contribution >= 0.6 is 0 Å². The van der Waals surface area contributed by atoms with E-state index in [9.17, 15) is 18.0 Å². The van der Waals surface area contributed by atoms with Gasteiger partial charge >= 0.3 is 0 Å². The van der Waals surface area contributed by atoms with Crippen molar-refractivity contribution in [1.29, 1.82) is 0 Å². The monoisotopic (exact) mass is 366 g/mol. The highest BCUT2D eigenvalue weighted by Crippen LogP contribution is 2.15. The van der Waals surface area contributed by atoms with Crippen LogP contribution in [0.2, 0.25) is 0 Å². The Kier molecular flexibility index (Phi) is 7.13. The van der Waals surface area contributed by atoms with Crippen LogP contribution in [0, 0.1) is 0 Å². The summed E-state index contributed by atoms with van der Waals surface area (Å²) >= 11 is 0. The molecule has 0 atom stereocenters. The summed E-state index contributed by atoms with van der Waals surface area (Å²) in [6.07, 6.45) is 4.26. The predicted molar refractivity (Wildman–Crippen MR) is 98.1 cm³/mol. The second-order valence-corrected chi connectivity index (χ2v) is 8.50. The van der Waals surface area contributed by atoms with Crippen molar-refractivity contribution in [3.8, 4) is 0 Å². The first-order valence-corrected chi connectivity index (χ1v) is 10.4. The lowest BCUT2D eigenvalue weighted by Crippen LogP contribution is -2.37. The topological polar surface area (TPSA) is 83.5 Å². The summed E-state index contributed by atoms with van der Waals surface area (Å²) in [6.45, 7) is 2.74. The number of nitrogens with zero attached hydrogens (tertiary/aromatic N) is 1. The third kappa shape index (κ3) is 6.25. The van der Waals surface area contributed by atoms with E-state index in [1.807, 2.05) is 0 Å². The summed E-state index contributed by atoms with van der Waals surface area (Å²) in [6, 6.07) is 6.72. The van der Waals surface area contributed by atoms with Crippen molar-refractivity contribution in [2.45, 2.75) is 45.4 Å². The van der Waals surface area contributed by atoms with Gasteiger partial charge in [0.25, 0.3) is 0 Å². The fourth-order valence-corrected chi connectivity index (χ4v) is 4.50. The van der Waals surface area contributed by atoms with Crippen LogP contribution in [0.4, 0.5) is 5.69 Å². The molecule has 1 N–H and O–H groups in total. The van der Waals surface area contributed by atoms with E-state index in [2.05, 4.69) is 5.32 Å². The van der Waals surface area contributed by atoms with E-state index in [1.54, 1.807) is 28.6 Å². The molecule has 0 aromatic heterocycles. The van der Waals surface area contributed by atoms with Crippen molar-refractivity contribution in [1.82, 2.24) is 4.31 Å². The van der Waals surface area contributed by atoms with Crippen molar-refractivity contribution < 1.29 is 18.0 Å². The van der Waals surface area contributed by atoms with Crippen LogP contribution in [0.5, 0.6) is 0 Å². The van der Waals surface area contributed by atoms with E-state index < -0.39 is 10.0 Å². The number of anilines is 1. The minimum Gasteiger partial charge on any atom is -0.326 e. The summed E-state index contributed by atoms with van der Waals surface area (Å²) in [7, 11) is -3.18. The molecule has 0 radical (unpaired) electrons. The standard InChI is InChI=1S/C18H26N2O4S/c1-15(21)16-8-10-17(11-9-16)19-18(22)7-3-6-14-25(23,24)20-12-4-2-5-13-20/h8-11H,2-7,12-14H2,1H3,(H,19,22). The molecule has 0 aliphatic carbocycles. The van der Waals surface area contributed by atoms with Gasteiger partial charge in [0, 0.05) is 30.8 Å². The number of ketones is 1. The average molecular weight is 366 g/mol. The molecule has 1 aromatic carbocycles. The number of carbonyl (C=O) groups is 2. The van der Waals surface area contributed by atoms with E-state index in [0.29, 0.717) is 37.2 Å². The van der Waals surface area contributed by atoms with Crippen LogP contribution < -0.4 is 5.32 Å². The van der Waals surface area contributed by atoms with E-state index in [1.165, 1.54) is 6.92 Å². The van der Waals surface area contributed by atoms with Gasteiger partial charge in [-0.3, -0.25) is 9.59 Å². The van der Waals surface area contributed by atoms with Crippen LogP contribution in [0.1, 0.15) is 55.8 Å². The number of piperidine rings is 1. The Labute approximate surface area is 149 Å². The summed E-state index contributed by atoms with van der Waals surface area (Å²) < 4.78 is 26.0.